The number of nitrogens with one attached hydrogen (secondary N) is 1. The molecule has 3 nitrogen and oxygen atoms in total. The lowest BCUT2D eigenvalue weighted by molar-refractivity contribution is 0.619. The van der Waals surface area contributed by atoms with Crippen molar-refractivity contribution in [3.05, 3.63) is 47.1 Å². The molecule has 1 aromatic carbocycles. The number of anilines is 2. The van der Waals surface area contributed by atoms with Gasteiger partial charge < -0.3 is 5.32 Å². The van der Waals surface area contributed by atoms with Crippen LogP contribution in [0.4, 0.5) is 15.9 Å². The molecule has 0 aliphatic rings. The van der Waals surface area contributed by atoms with E-state index in [0.717, 1.165) is 5.69 Å². The molecule has 0 saturated heterocycles. The molecule has 1 aromatic heterocycles. The normalized spacial score (nSPS) is 10.2. The zero-order chi connectivity index (χ0) is 11.5. The second-order valence-electron chi connectivity index (χ2n) is 3.32. The third-order valence-electron chi connectivity index (χ3n) is 2.04. The Morgan fingerprint density at radius 1 is 1.31 bits per heavy atom. The minimum atomic E-state index is -0.234. The van der Waals surface area contributed by atoms with Crippen LogP contribution in [0.3, 0.4) is 0 Å². The van der Waals surface area contributed by atoms with E-state index in [1.165, 1.54) is 12.3 Å². The van der Waals surface area contributed by atoms with Crippen LogP contribution in [-0.2, 0) is 0 Å². The third kappa shape index (κ3) is 2.46. The molecule has 0 spiro atoms. The summed E-state index contributed by atoms with van der Waals surface area (Å²) in [7, 11) is 0. The Balaban J connectivity index is 2.24. The van der Waals surface area contributed by atoms with Gasteiger partial charge in [0.25, 0.3) is 0 Å². The lowest BCUT2D eigenvalue weighted by atomic mass is 10.2. The minimum absolute atomic E-state index is 0.234. The second-order valence-corrected chi connectivity index (χ2v) is 3.70. The maximum Gasteiger partial charge on any atom is 0.150 e. The number of nitrogens with zero attached hydrogens (tertiary/aromatic N) is 2. The first-order valence-corrected chi connectivity index (χ1v) is 5.03. The maximum absolute atomic E-state index is 13.0. The SMILES string of the molecule is Cc1cc(Nc2cncc(Cl)n2)ccc1F. The van der Waals surface area contributed by atoms with Crippen LogP contribution in [0.25, 0.3) is 0 Å². The highest BCUT2D eigenvalue weighted by atomic mass is 35.5. The Hall–Kier alpha value is -1.68. The average Bonchev–Trinajstić information content (AvgIpc) is 2.24. The van der Waals surface area contributed by atoms with Gasteiger partial charge in [0.05, 0.1) is 12.4 Å². The Bertz CT molecular complexity index is 516. The first kappa shape index (κ1) is 10.8. The molecule has 0 saturated carbocycles. The van der Waals surface area contributed by atoms with Gasteiger partial charge in [0.2, 0.25) is 0 Å². The molecule has 0 unspecified atom stereocenters. The van der Waals surface area contributed by atoms with Gasteiger partial charge in [-0.2, -0.15) is 0 Å². The van der Waals surface area contributed by atoms with E-state index in [0.29, 0.717) is 16.5 Å². The van der Waals surface area contributed by atoms with E-state index in [-0.39, 0.29) is 5.82 Å². The summed E-state index contributed by atoms with van der Waals surface area (Å²) in [4.78, 5) is 7.91. The number of aryl methyl sites for hydroxylation is 1. The molecule has 1 heterocycles. The average molecular weight is 238 g/mol. The summed E-state index contributed by atoms with van der Waals surface area (Å²) in [5, 5.41) is 3.30. The van der Waals surface area contributed by atoms with Crippen molar-refractivity contribution in [1.82, 2.24) is 9.97 Å². The molecule has 0 aliphatic carbocycles. The molecule has 0 bridgehead atoms. The fourth-order valence-corrected chi connectivity index (χ4v) is 1.42. The van der Waals surface area contributed by atoms with Crippen molar-refractivity contribution >= 4 is 23.1 Å². The van der Waals surface area contributed by atoms with E-state index < -0.39 is 0 Å². The smallest absolute Gasteiger partial charge is 0.150 e. The Morgan fingerprint density at radius 2 is 2.12 bits per heavy atom. The van der Waals surface area contributed by atoms with Crippen LogP contribution in [0.1, 0.15) is 5.56 Å². The number of benzene rings is 1. The molecule has 2 aromatic rings. The van der Waals surface area contributed by atoms with Crippen LogP contribution in [0.2, 0.25) is 5.15 Å². The van der Waals surface area contributed by atoms with Gasteiger partial charge in [-0.15, -0.1) is 0 Å². The first-order chi connectivity index (χ1) is 7.65. The topological polar surface area (TPSA) is 37.8 Å². The number of hydrogen-bond donors (Lipinski definition) is 1. The van der Waals surface area contributed by atoms with Gasteiger partial charge in [-0.05, 0) is 30.7 Å². The van der Waals surface area contributed by atoms with Gasteiger partial charge in [-0.1, -0.05) is 11.6 Å². The number of hydrogen-bond acceptors (Lipinski definition) is 3. The van der Waals surface area contributed by atoms with Gasteiger partial charge in [0.15, 0.2) is 5.82 Å². The lowest BCUT2D eigenvalue weighted by Crippen LogP contribution is -1.95. The van der Waals surface area contributed by atoms with Crippen LogP contribution in [0.5, 0.6) is 0 Å². The van der Waals surface area contributed by atoms with Gasteiger partial charge in [-0.3, -0.25) is 4.98 Å². The zero-order valence-electron chi connectivity index (χ0n) is 8.54. The van der Waals surface area contributed by atoms with Crippen molar-refractivity contribution in [2.24, 2.45) is 0 Å². The van der Waals surface area contributed by atoms with Crippen LogP contribution in [-0.4, -0.2) is 9.97 Å². The Labute approximate surface area is 97.3 Å². The monoisotopic (exact) mass is 237 g/mol. The molecule has 0 aliphatic heterocycles. The van der Waals surface area contributed by atoms with Gasteiger partial charge >= 0.3 is 0 Å². The van der Waals surface area contributed by atoms with Gasteiger partial charge in [0, 0.05) is 5.69 Å². The van der Waals surface area contributed by atoms with E-state index in [9.17, 15) is 4.39 Å². The quantitative estimate of drug-likeness (QED) is 0.871. The van der Waals surface area contributed by atoms with Crippen molar-refractivity contribution in [2.45, 2.75) is 6.92 Å². The fourth-order valence-electron chi connectivity index (χ4n) is 1.27. The van der Waals surface area contributed by atoms with E-state index in [1.807, 2.05) is 0 Å². The van der Waals surface area contributed by atoms with Crippen LogP contribution in [0.15, 0.2) is 30.6 Å². The predicted molar refractivity (Wildman–Crippen MR) is 61.5 cm³/mol. The van der Waals surface area contributed by atoms with Crippen molar-refractivity contribution in [1.29, 1.82) is 0 Å². The Morgan fingerprint density at radius 3 is 2.81 bits per heavy atom. The Kier molecular flexibility index (Phi) is 3.01. The first-order valence-electron chi connectivity index (χ1n) is 4.66. The maximum atomic E-state index is 13.0. The predicted octanol–water partition coefficient (Wildman–Crippen LogP) is 3.32. The van der Waals surface area contributed by atoms with Gasteiger partial charge in [-0.25, -0.2) is 9.37 Å². The molecule has 5 heteroatoms. The molecule has 82 valence electrons. The van der Waals surface area contributed by atoms with Crippen LogP contribution >= 0.6 is 11.6 Å². The molecular weight excluding hydrogens is 229 g/mol. The summed E-state index contributed by atoms with van der Waals surface area (Å²) in [6.45, 7) is 1.70. The second kappa shape index (κ2) is 4.45. The van der Waals surface area contributed by atoms with E-state index in [4.69, 9.17) is 11.6 Å². The molecule has 1 N–H and O–H groups in total. The highest BCUT2D eigenvalue weighted by Gasteiger charge is 2.01. The lowest BCUT2D eigenvalue weighted by Gasteiger charge is -2.06. The molecular formula is C11H9ClFN3. The van der Waals surface area contributed by atoms with Crippen molar-refractivity contribution in [3.8, 4) is 0 Å². The van der Waals surface area contributed by atoms with Crippen molar-refractivity contribution in [3.63, 3.8) is 0 Å². The zero-order valence-corrected chi connectivity index (χ0v) is 9.29. The van der Waals surface area contributed by atoms with E-state index in [1.54, 1.807) is 25.3 Å². The summed E-state index contributed by atoms with van der Waals surface area (Å²) in [5.74, 6) is 0.293. The fraction of sp³-hybridized carbons (Fsp3) is 0.0909. The van der Waals surface area contributed by atoms with E-state index in [2.05, 4.69) is 15.3 Å². The number of aromatic nitrogens is 2. The van der Waals surface area contributed by atoms with Crippen molar-refractivity contribution in [2.75, 3.05) is 5.32 Å². The summed E-state index contributed by atoms with van der Waals surface area (Å²) >= 11 is 5.69. The molecule has 2 rings (SSSR count). The van der Waals surface area contributed by atoms with Crippen LogP contribution < -0.4 is 5.32 Å². The molecule has 16 heavy (non-hydrogen) atoms. The number of halogens is 2. The van der Waals surface area contributed by atoms with Gasteiger partial charge in [0.1, 0.15) is 11.0 Å². The molecule has 0 fully saturated rings. The third-order valence-corrected chi connectivity index (χ3v) is 2.22. The summed E-state index contributed by atoms with van der Waals surface area (Å²) in [6, 6.07) is 4.72. The molecule has 0 radical (unpaired) electrons. The van der Waals surface area contributed by atoms with E-state index >= 15 is 0 Å². The van der Waals surface area contributed by atoms with Crippen molar-refractivity contribution < 1.29 is 4.39 Å². The summed E-state index contributed by atoms with van der Waals surface area (Å²) in [5.41, 5.74) is 1.32. The summed E-state index contributed by atoms with van der Waals surface area (Å²) in [6.07, 6.45) is 2.99. The largest absolute Gasteiger partial charge is 0.339 e. The summed E-state index contributed by atoms with van der Waals surface area (Å²) < 4.78 is 13.0. The standard InChI is InChI=1S/C11H9ClFN3/c1-7-4-8(2-3-9(7)13)15-11-6-14-5-10(12)16-11/h2-6H,1H3,(H,15,16). The molecule has 0 atom stereocenters. The molecule has 0 amide bonds. The number of rotatable bonds is 2. The minimum Gasteiger partial charge on any atom is -0.339 e. The highest BCUT2D eigenvalue weighted by molar-refractivity contribution is 6.29. The highest BCUT2D eigenvalue weighted by Crippen LogP contribution is 2.18. The van der Waals surface area contributed by atoms with Crippen LogP contribution in [0, 0.1) is 12.7 Å².